The number of nitrogens with zero attached hydrogens (tertiary/aromatic N) is 3. The molecule has 0 atom stereocenters. The van der Waals surface area contributed by atoms with E-state index in [0.29, 0.717) is 0 Å². The van der Waals surface area contributed by atoms with Crippen molar-refractivity contribution in [1.82, 2.24) is 119 Å². The molecule has 0 aliphatic heterocycles. The molecule has 36 nitrogen and oxygen atoms in total. The molecule has 0 radical (unpaired) electrons. The molecule has 36 heteroatoms. The van der Waals surface area contributed by atoms with Crippen molar-refractivity contribution in [3.63, 3.8) is 0 Å². The van der Waals surface area contributed by atoms with Crippen LogP contribution in [0.2, 0.25) is 0 Å². The van der Waals surface area contributed by atoms with Gasteiger partial charge in [0.05, 0.1) is 0 Å². The van der Waals surface area contributed by atoms with Crippen molar-refractivity contribution in [2.45, 2.75) is 161 Å². The molecule has 4 aliphatic rings. The maximum absolute atomic E-state index is 3.44. The van der Waals surface area contributed by atoms with Crippen molar-refractivity contribution in [1.29, 1.82) is 0 Å². The third-order valence-electron chi connectivity index (χ3n) is 16.3. The van der Waals surface area contributed by atoms with Crippen molar-refractivity contribution in [2.24, 2.45) is 17.8 Å². The summed E-state index contributed by atoms with van der Waals surface area (Å²) >= 11 is 0. The molecule has 79 N–H and O–H groups in total. The van der Waals surface area contributed by atoms with Gasteiger partial charge >= 0.3 is 0 Å². The van der Waals surface area contributed by atoms with Crippen molar-refractivity contribution in [3.05, 3.63) is 181 Å². The highest BCUT2D eigenvalue weighted by Crippen LogP contribution is 2.39. The second kappa shape index (κ2) is 116. The van der Waals surface area contributed by atoms with Crippen LogP contribution in [0.5, 0.6) is 0 Å². The third-order valence-corrected chi connectivity index (χ3v) is 16.3. The molecule has 10 rings (SSSR count). The van der Waals surface area contributed by atoms with E-state index in [1.807, 2.05) is 103 Å². The molecule has 6 aromatic rings. The van der Waals surface area contributed by atoms with Gasteiger partial charge in [0.2, 0.25) is 0 Å². The molecule has 4 fully saturated rings. The molecule has 0 unspecified atom stereocenters. The number of hydrogen-bond donors (Lipinski definition) is 19. The largest absolute Gasteiger partial charge is 0.412 e. The van der Waals surface area contributed by atoms with Gasteiger partial charge in [0, 0.05) is 43.6 Å². The fraction of sp³-hybridized carbons (Fsp3) is 0.514. The number of anilines is 2. The summed E-state index contributed by atoms with van der Waals surface area (Å²) in [7, 11) is 20.5. The predicted octanol–water partition coefficient (Wildman–Crippen LogP) is 9.46. The van der Waals surface area contributed by atoms with E-state index in [1.165, 1.54) is 148 Å². The van der Waals surface area contributed by atoms with Gasteiger partial charge in [0.25, 0.3) is 0 Å². The second-order valence-electron chi connectivity index (χ2n) is 23.3. The first-order valence-electron chi connectivity index (χ1n) is 31.2. The maximum atomic E-state index is 3.44. The van der Waals surface area contributed by atoms with Crippen LogP contribution in [0.3, 0.4) is 0 Å². The maximum Gasteiger partial charge on any atom is 0.0366 e. The summed E-state index contributed by atoms with van der Waals surface area (Å²) in [5, 5.41) is 9.35. The first-order chi connectivity index (χ1) is 38.8. The first kappa shape index (κ1) is 191. The molecule has 6 aromatic carbocycles. The van der Waals surface area contributed by atoms with Crippen LogP contribution in [0.1, 0.15) is 147 Å². The van der Waals surface area contributed by atoms with E-state index in [-0.39, 0.29) is 175 Å². The quantitative estimate of drug-likeness (QED) is 0.0640. The fourth-order valence-corrected chi connectivity index (χ4v) is 11.4. The Hall–Kier alpha value is -6.44. The Morgan fingerprint density at radius 2 is 0.582 bits per heavy atom. The van der Waals surface area contributed by atoms with Gasteiger partial charge in [-0.15, -0.1) is 0 Å². The summed E-state index contributed by atoms with van der Waals surface area (Å²) in [6.45, 7) is 8.48. The molecule has 0 spiro atoms. The Morgan fingerprint density at radius 3 is 0.891 bits per heavy atom. The van der Waals surface area contributed by atoms with Crippen LogP contribution in [0, 0.1) is 24.7 Å². The summed E-state index contributed by atoms with van der Waals surface area (Å²) in [4.78, 5) is 6.88. The zero-order valence-corrected chi connectivity index (χ0v) is 71.4. The number of aryl methyl sites for hydroxylation is 1. The van der Waals surface area contributed by atoms with Gasteiger partial charge in [-0.05, 0) is 229 Å². The molecule has 4 saturated carbocycles. The highest BCUT2D eigenvalue weighted by molar-refractivity contribution is 5.66. The minimum absolute atomic E-state index is 0. The van der Waals surface area contributed by atoms with Gasteiger partial charge < -0.3 is 206 Å². The molecule has 0 heterocycles. The highest BCUT2D eigenvalue weighted by atomic mass is 16.0. The Kier molecular flexibility index (Phi) is 201. The molecule has 680 valence electrons. The zero-order valence-electron chi connectivity index (χ0n) is 71.4. The van der Waals surface area contributed by atoms with Crippen molar-refractivity contribution in [3.8, 4) is 22.3 Å². The minimum Gasteiger partial charge on any atom is -0.412 e. The lowest BCUT2D eigenvalue weighted by molar-refractivity contribution is 0.131. The summed E-state index contributed by atoms with van der Waals surface area (Å²) in [5.74, 6) is 3.82. The van der Waals surface area contributed by atoms with Crippen LogP contribution >= 0.6 is 0 Å². The number of para-hydroxylation sites is 1. The Balaban J connectivity index is -0.0000000273. The smallest absolute Gasteiger partial charge is 0.0366 e. The van der Waals surface area contributed by atoms with Crippen LogP contribution < -0.4 is 119 Å². The topological polar surface area (TPSA) is 1050 Å². The summed E-state index contributed by atoms with van der Waals surface area (Å²) < 4.78 is 0. The average Bonchev–Trinajstić information content (AvgIpc) is 0.859. The van der Waals surface area contributed by atoms with E-state index in [1.54, 1.807) is 0 Å². The van der Waals surface area contributed by atoms with Crippen molar-refractivity contribution >= 4 is 11.4 Å². The van der Waals surface area contributed by atoms with Gasteiger partial charge in [-0.3, -0.25) is 0 Å². The molecule has 0 saturated heterocycles. The lowest BCUT2D eigenvalue weighted by Crippen LogP contribution is -2.36. The van der Waals surface area contributed by atoms with Gasteiger partial charge in [0.1, 0.15) is 0 Å². The minimum atomic E-state index is 0. The summed E-state index contributed by atoms with van der Waals surface area (Å²) in [6.07, 6.45) is 24.1. The van der Waals surface area contributed by atoms with Crippen LogP contribution in [0.15, 0.2) is 170 Å². The molecule has 0 bridgehead atoms. The van der Waals surface area contributed by atoms with Crippen molar-refractivity contribution in [2.75, 3.05) is 80.7 Å². The monoisotopic (exact) mass is 1610 g/mol. The van der Waals surface area contributed by atoms with E-state index < -0.39 is 0 Å². The Labute approximate surface area is 666 Å². The Bertz CT molecular complexity index is 2380. The normalized spacial score (nSPS) is 14.8. The average molecular weight is 1610 g/mol. The first-order valence-corrected chi connectivity index (χ1v) is 31.2. The van der Waals surface area contributed by atoms with E-state index in [4.69, 9.17) is 0 Å². The van der Waals surface area contributed by atoms with Crippen LogP contribution in [-0.4, -0.2) is 175 Å². The standard InChI is InChI=1S/C19H23N.C15H30N2.C14H21N.C13H12.C6H6.C3H9N.C2H7N.C2H6.16H3N.14H2O/c1-20-19-13-11-18(12-14-19)17-9-7-16(8-10-17)15-5-3-2-4-6-15;1-16-14-8-4-12(5-9-14)13-6-10-15(11-7-13)17(2)3;1-12-8-10-14(11-9-12)15(2)13-6-4-3-5-7-13;1-11-7-9-13(10-8-11)12-5-3-2-4-6-12;1-2-4-6-5-3-1;1-4(2)3;1-3-2;1-2;;;;;;;;;;;;;;;;;;;;;;;;;;;;;;/h7-15,20H,2-6H2,1H3;12-16H,4-11H2,1-3H3;3-7,12,14H,8-11H2,1-2H3;2-10H,1H3;1-6H;1-3H3;3H,1-2H3;1-2H3;16*1H3;14*1H2. The predicted molar refractivity (Wildman–Crippen MR) is 488 cm³/mol. The number of nitrogens with one attached hydrogen (secondary N) is 3. The van der Waals surface area contributed by atoms with Crippen molar-refractivity contribution < 1.29 is 76.7 Å². The number of hydrogen-bond acceptors (Lipinski definition) is 22. The van der Waals surface area contributed by atoms with E-state index in [9.17, 15) is 0 Å². The van der Waals surface area contributed by atoms with Crippen LogP contribution in [0.4, 0.5) is 11.4 Å². The zero-order chi connectivity index (χ0) is 58.3. The highest BCUT2D eigenvalue weighted by Gasteiger charge is 2.31. The lowest BCUT2D eigenvalue weighted by Gasteiger charge is -2.39. The van der Waals surface area contributed by atoms with Gasteiger partial charge in [0.15, 0.2) is 0 Å². The molecular formula is C74H190N22O14. The van der Waals surface area contributed by atoms with Crippen LogP contribution in [-0.2, 0) is 0 Å². The van der Waals surface area contributed by atoms with Crippen LogP contribution in [0.25, 0.3) is 22.3 Å². The van der Waals surface area contributed by atoms with Gasteiger partial charge in [-0.2, -0.15) is 0 Å². The molecule has 110 heavy (non-hydrogen) atoms. The van der Waals surface area contributed by atoms with E-state index in [0.717, 1.165) is 47.5 Å². The summed E-state index contributed by atoms with van der Waals surface area (Å²) in [6, 6.07) is 62.0. The van der Waals surface area contributed by atoms with E-state index >= 15 is 0 Å². The van der Waals surface area contributed by atoms with Gasteiger partial charge in [-0.25, -0.2) is 0 Å². The number of rotatable bonds is 9. The SMILES string of the molecule is CC.CC1CCC(N(C)c2ccccc2)CC1.CN(C)C.CNC.CNC1CCC(C2CCC(N(C)C)CC2)CC1.CNc1ccc(-c2ccc(C3CCCCC3)cc2)cc1.Cc1ccc(-c2ccccc2)cc1.N.N.N.N.N.N.N.N.N.N.N.N.N.N.N.N.O.O.O.O.O.O.O.O.O.O.O.O.O.O.c1ccccc1. The Morgan fingerprint density at radius 1 is 0.309 bits per heavy atom. The molecule has 0 aromatic heterocycles. The number of benzene rings is 6. The molecule has 4 aliphatic carbocycles. The van der Waals surface area contributed by atoms with E-state index in [2.05, 4.69) is 195 Å². The molecule has 0 amide bonds. The van der Waals surface area contributed by atoms with Gasteiger partial charge in [-0.1, -0.05) is 191 Å². The summed E-state index contributed by atoms with van der Waals surface area (Å²) in [5.41, 5.74) is 10.5. The fourth-order valence-electron chi connectivity index (χ4n) is 11.4. The third kappa shape index (κ3) is 76.9. The molecular weight excluding hydrogens is 1420 g/mol. The second-order valence-corrected chi connectivity index (χ2v) is 23.3. The lowest BCUT2D eigenvalue weighted by atomic mass is 9.71.